The molecular weight excluding hydrogens is 398 g/mol. The molecule has 1 aromatic carbocycles. The lowest BCUT2D eigenvalue weighted by Gasteiger charge is -2.34. The predicted octanol–water partition coefficient (Wildman–Crippen LogP) is 2.05. The summed E-state index contributed by atoms with van der Waals surface area (Å²) in [6.07, 6.45) is 2.80. The van der Waals surface area contributed by atoms with Crippen LogP contribution in [0.25, 0.3) is 0 Å². The molecule has 0 saturated carbocycles. The second kappa shape index (κ2) is 7.99. The van der Waals surface area contributed by atoms with E-state index in [1.54, 1.807) is 20.5 Å². The van der Waals surface area contributed by atoms with Gasteiger partial charge in [-0.25, -0.2) is 4.68 Å². The van der Waals surface area contributed by atoms with E-state index in [-0.39, 0.29) is 24.5 Å². The number of aromatic nitrogens is 3. The SMILES string of the molecule is Cc1ccc(C2Cn3nnc(C(=O)N4CCN(C(=O)c5ccoc5)CC4)c3CO2)cc1. The quantitative estimate of drug-likeness (QED) is 0.643. The van der Waals surface area contributed by atoms with Crippen LogP contribution < -0.4 is 0 Å². The molecule has 5 rings (SSSR count). The lowest BCUT2D eigenvalue weighted by atomic mass is 10.1. The van der Waals surface area contributed by atoms with Crippen molar-refractivity contribution in [2.75, 3.05) is 26.2 Å². The third-order valence-electron chi connectivity index (χ3n) is 5.87. The first-order valence-corrected chi connectivity index (χ1v) is 10.3. The Kier molecular flexibility index (Phi) is 5.03. The summed E-state index contributed by atoms with van der Waals surface area (Å²) in [6, 6.07) is 9.87. The summed E-state index contributed by atoms with van der Waals surface area (Å²) >= 11 is 0. The van der Waals surface area contributed by atoms with Crippen molar-refractivity contribution in [3.05, 3.63) is 70.9 Å². The molecule has 2 aliphatic rings. The molecule has 2 amide bonds. The molecule has 4 heterocycles. The number of aryl methyl sites for hydroxylation is 1. The average Bonchev–Trinajstić information content (AvgIpc) is 3.49. The van der Waals surface area contributed by atoms with Crippen molar-refractivity contribution in [2.45, 2.75) is 26.2 Å². The zero-order chi connectivity index (χ0) is 21.4. The molecule has 1 fully saturated rings. The largest absolute Gasteiger partial charge is 0.472 e. The van der Waals surface area contributed by atoms with Crippen LogP contribution in [-0.4, -0.2) is 62.8 Å². The molecule has 0 bridgehead atoms. The Hall–Kier alpha value is -3.46. The van der Waals surface area contributed by atoms with Gasteiger partial charge in [-0.15, -0.1) is 5.10 Å². The minimum Gasteiger partial charge on any atom is -0.472 e. The first kappa shape index (κ1) is 19.5. The fourth-order valence-corrected chi connectivity index (χ4v) is 3.99. The number of amides is 2. The summed E-state index contributed by atoms with van der Waals surface area (Å²) in [5, 5.41) is 8.37. The highest BCUT2D eigenvalue weighted by Gasteiger charge is 2.32. The van der Waals surface area contributed by atoms with Crippen LogP contribution in [-0.2, 0) is 17.9 Å². The van der Waals surface area contributed by atoms with Crippen LogP contribution >= 0.6 is 0 Å². The lowest BCUT2D eigenvalue weighted by molar-refractivity contribution is -0.00203. The number of piperazine rings is 1. The van der Waals surface area contributed by atoms with Gasteiger partial charge in [-0.3, -0.25) is 9.59 Å². The summed E-state index contributed by atoms with van der Waals surface area (Å²) in [7, 11) is 0. The predicted molar refractivity (Wildman–Crippen MR) is 109 cm³/mol. The number of furan rings is 1. The van der Waals surface area contributed by atoms with E-state index >= 15 is 0 Å². The number of carbonyl (C=O) groups excluding carboxylic acids is 2. The van der Waals surface area contributed by atoms with Gasteiger partial charge in [0.1, 0.15) is 12.4 Å². The number of fused-ring (bicyclic) bond motifs is 1. The highest BCUT2D eigenvalue weighted by atomic mass is 16.5. The molecule has 0 radical (unpaired) electrons. The maximum Gasteiger partial charge on any atom is 0.276 e. The summed E-state index contributed by atoms with van der Waals surface area (Å²) < 4.78 is 12.8. The number of hydrogen-bond acceptors (Lipinski definition) is 6. The molecule has 9 nitrogen and oxygen atoms in total. The Morgan fingerprint density at radius 2 is 1.71 bits per heavy atom. The molecule has 1 unspecified atom stereocenters. The lowest BCUT2D eigenvalue weighted by Crippen LogP contribution is -2.50. The van der Waals surface area contributed by atoms with Crippen LogP contribution in [0.4, 0.5) is 0 Å². The average molecular weight is 421 g/mol. The number of benzene rings is 1. The molecule has 0 N–H and O–H groups in total. The van der Waals surface area contributed by atoms with Crippen molar-refractivity contribution < 1.29 is 18.7 Å². The third-order valence-corrected chi connectivity index (χ3v) is 5.87. The maximum atomic E-state index is 13.1. The summed E-state index contributed by atoms with van der Waals surface area (Å²) in [6.45, 7) is 4.67. The molecule has 31 heavy (non-hydrogen) atoms. The fourth-order valence-electron chi connectivity index (χ4n) is 3.99. The van der Waals surface area contributed by atoms with Gasteiger partial charge in [-0.05, 0) is 18.6 Å². The minimum absolute atomic E-state index is 0.0857. The van der Waals surface area contributed by atoms with Crippen molar-refractivity contribution in [1.82, 2.24) is 24.8 Å². The third kappa shape index (κ3) is 3.72. The number of carbonyl (C=O) groups is 2. The topological polar surface area (TPSA) is 93.7 Å². The summed E-state index contributed by atoms with van der Waals surface area (Å²) in [4.78, 5) is 29.0. The molecule has 9 heteroatoms. The zero-order valence-electron chi connectivity index (χ0n) is 17.2. The van der Waals surface area contributed by atoms with Crippen molar-refractivity contribution in [3.8, 4) is 0 Å². The molecule has 2 aliphatic heterocycles. The second-order valence-electron chi connectivity index (χ2n) is 7.87. The standard InChI is InChI=1S/C22H23N5O4/c1-15-2-4-16(5-3-15)19-12-27-18(14-31-19)20(23-24-27)22(29)26-9-7-25(8-10-26)21(28)17-6-11-30-13-17/h2-6,11,13,19H,7-10,12,14H2,1H3. The van der Waals surface area contributed by atoms with Gasteiger partial charge in [-0.1, -0.05) is 35.0 Å². The van der Waals surface area contributed by atoms with E-state index in [4.69, 9.17) is 9.15 Å². The van der Waals surface area contributed by atoms with E-state index < -0.39 is 0 Å². The Morgan fingerprint density at radius 1 is 1.00 bits per heavy atom. The monoisotopic (exact) mass is 421 g/mol. The van der Waals surface area contributed by atoms with Crippen molar-refractivity contribution in [2.24, 2.45) is 0 Å². The number of hydrogen-bond donors (Lipinski definition) is 0. The van der Waals surface area contributed by atoms with Crippen molar-refractivity contribution >= 4 is 11.8 Å². The van der Waals surface area contributed by atoms with Gasteiger partial charge in [0.15, 0.2) is 5.69 Å². The fraction of sp³-hybridized carbons (Fsp3) is 0.364. The molecular formula is C22H23N5O4. The van der Waals surface area contributed by atoms with Gasteiger partial charge in [0.25, 0.3) is 11.8 Å². The van der Waals surface area contributed by atoms with Crippen molar-refractivity contribution in [3.63, 3.8) is 0 Å². The number of rotatable bonds is 3. The van der Waals surface area contributed by atoms with E-state index in [1.807, 2.05) is 6.92 Å². The van der Waals surface area contributed by atoms with Gasteiger partial charge in [0.2, 0.25) is 0 Å². The van der Waals surface area contributed by atoms with Crippen LogP contribution in [0.1, 0.15) is 43.8 Å². The highest BCUT2D eigenvalue weighted by molar-refractivity contribution is 5.95. The van der Waals surface area contributed by atoms with E-state index in [9.17, 15) is 9.59 Å². The molecule has 3 aromatic rings. The van der Waals surface area contributed by atoms with E-state index in [2.05, 4.69) is 34.6 Å². The Labute approximate surface area is 179 Å². The minimum atomic E-state index is -0.172. The molecule has 2 aromatic heterocycles. The van der Waals surface area contributed by atoms with Crippen LogP contribution in [0.5, 0.6) is 0 Å². The molecule has 160 valence electrons. The normalized spacial score (nSPS) is 18.7. The summed E-state index contributed by atoms with van der Waals surface area (Å²) in [5.41, 5.74) is 3.83. The molecule has 1 saturated heterocycles. The van der Waals surface area contributed by atoms with Crippen LogP contribution in [0, 0.1) is 6.92 Å². The Bertz CT molecular complexity index is 1080. The van der Waals surface area contributed by atoms with Gasteiger partial charge in [0, 0.05) is 26.2 Å². The molecule has 0 spiro atoms. The summed E-state index contributed by atoms with van der Waals surface area (Å²) in [5.74, 6) is -0.258. The second-order valence-corrected chi connectivity index (χ2v) is 7.87. The van der Waals surface area contributed by atoms with Gasteiger partial charge in [-0.2, -0.15) is 0 Å². The number of nitrogens with zero attached hydrogens (tertiary/aromatic N) is 5. The smallest absolute Gasteiger partial charge is 0.276 e. The van der Waals surface area contributed by atoms with Crippen LogP contribution in [0.2, 0.25) is 0 Å². The highest BCUT2D eigenvalue weighted by Crippen LogP contribution is 2.27. The van der Waals surface area contributed by atoms with Crippen LogP contribution in [0.15, 0.2) is 47.3 Å². The van der Waals surface area contributed by atoms with E-state index in [1.165, 1.54) is 18.1 Å². The van der Waals surface area contributed by atoms with Gasteiger partial charge >= 0.3 is 0 Å². The maximum absolute atomic E-state index is 13.1. The van der Waals surface area contributed by atoms with Crippen molar-refractivity contribution in [1.29, 1.82) is 0 Å². The number of ether oxygens (including phenoxy) is 1. The first-order valence-electron chi connectivity index (χ1n) is 10.3. The van der Waals surface area contributed by atoms with E-state index in [0.29, 0.717) is 49.7 Å². The molecule has 0 aliphatic carbocycles. The van der Waals surface area contributed by atoms with Gasteiger partial charge < -0.3 is 19.0 Å². The van der Waals surface area contributed by atoms with Gasteiger partial charge in [0.05, 0.1) is 30.7 Å². The van der Waals surface area contributed by atoms with E-state index in [0.717, 1.165) is 5.56 Å². The zero-order valence-corrected chi connectivity index (χ0v) is 17.2. The first-order chi connectivity index (χ1) is 15.1. The Balaban J connectivity index is 1.24. The van der Waals surface area contributed by atoms with Crippen LogP contribution in [0.3, 0.4) is 0 Å². The molecule has 1 atom stereocenters. The Morgan fingerprint density at radius 3 is 2.39 bits per heavy atom.